The van der Waals surface area contributed by atoms with Gasteiger partial charge in [0, 0.05) is 13.5 Å². The van der Waals surface area contributed by atoms with Crippen molar-refractivity contribution in [3.05, 3.63) is 0 Å². The molecule has 0 saturated heterocycles. The second-order valence-electron chi connectivity index (χ2n) is 3.70. The van der Waals surface area contributed by atoms with Gasteiger partial charge in [-0.3, -0.25) is 14.6 Å². The lowest BCUT2D eigenvalue weighted by atomic mass is 10.1. The Morgan fingerprint density at radius 1 is 1.24 bits per heavy atom. The number of primary amides is 1. The number of carbonyl (C=O) groups excluding carboxylic acids is 2. The van der Waals surface area contributed by atoms with Crippen molar-refractivity contribution >= 4 is 17.8 Å². The van der Waals surface area contributed by atoms with Crippen molar-refractivity contribution in [2.24, 2.45) is 22.2 Å². The summed E-state index contributed by atoms with van der Waals surface area (Å²) in [7, 11) is 0. The predicted molar refractivity (Wildman–Crippen MR) is 63.9 cm³/mol. The van der Waals surface area contributed by atoms with Crippen molar-refractivity contribution in [3.8, 4) is 0 Å². The third-order valence-corrected chi connectivity index (χ3v) is 1.99. The van der Waals surface area contributed by atoms with Gasteiger partial charge >= 0.3 is 5.97 Å². The normalized spacial score (nSPS) is 11.6. The number of carbonyl (C=O) groups is 2. The van der Waals surface area contributed by atoms with Gasteiger partial charge in [0.15, 0.2) is 5.96 Å². The molecule has 0 aliphatic rings. The molecule has 17 heavy (non-hydrogen) atoms. The number of unbranched alkanes of at least 4 members (excludes halogenated alkanes) is 1. The van der Waals surface area contributed by atoms with E-state index < -0.39 is 18.0 Å². The number of guanidine groups is 1. The molecule has 7 heteroatoms. The zero-order valence-electron chi connectivity index (χ0n) is 10.0. The van der Waals surface area contributed by atoms with Gasteiger partial charge in [-0.1, -0.05) is 0 Å². The van der Waals surface area contributed by atoms with Crippen LogP contribution in [-0.2, 0) is 14.3 Å². The molecule has 1 unspecified atom stereocenters. The van der Waals surface area contributed by atoms with E-state index in [4.69, 9.17) is 21.9 Å². The standard InChI is InChI=1S/C10H20N4O3/c1-7(15)17-8(6-9(11)16)4-2-3-5-14-10(12)13/h8H,2-6H2,1H3,(H2,11,16)(H4,12,13,14). The fourth-order valence-corrected chi connectivity index (χ4v) is 1.35. The summed E-state index contributed by atoms with van der Waals surface area (Å²) < 4.78 is 4.96. The fourth-order valence-electron chi connectivity index (χ4n) is 1.35. The first-order valence-corrected chi connectivity index (χ1v) is 5.42. The molecule has 1 atom stereocenters. The Hall–Kier alpha value is -1.79. The molecule has 0 aromatic heterocycles. The summed E-state index contributed by atoms with van der Waals surface area (Å²) in [5.41, 5.74) is 15.4. The highest BCUT2D eigenvalue weighted by molar-refractivity contribution is 5.75. The van der Waals surface area contributed by atoms with Crippen LogP contribution in [0.3, 0.4) is 0 Å². The molecule has 6 N–H and O–H groups in total. The zero-order chi connectivity index (χ0) is 13.3. The molecular formula is C10H20N4O3. The molecule has 0 fully saturated rings. The molecule has 0 rings (SSSR count). The van der Waals surface area contributed by atoms with Crippen LogP contribution < -0.4 is 17.2 Å². The maximum absolute atomic E-state index is 10.8. The molecule has 0 bridgehead atoms. The second kappa shape index (κ2) is 8.37. The molecule has 0 spiro atoms. The molecule has 0 aliphatic heterocycles. The van der Waals surface area contributed by atoms with Crippen molar-refractivity contribution < 1.29 is 14.3 Å². The van der Waals surface area contributed by atoms with Gasteiger partial charge in [0.1, 0.15) is 6.10 Å². The van der Waals surface area contributed by atoms with Gasteiger partial charge < -0.3 is 21.9 Å². The van der Waals surface area contributed by atoms with Crippen molar-refractivity contribution in [2.75, 3.05) is 6.54 Å². The summed E-state index contributed by atoms with van der Waals surface area (Å²) in [5, 5.41) is 0. The van der Waals surface area contributed by atoms with Crippen LogP contribution in [-0.4, -0.2) is 30.5 Å². The van der Waals surface area contributed by atoms with E-state index in [1.165, 1.54) is 6.92 Å². The van der Waals surface area contributed by atoms with E-state index in [2.05, 4.69) is 4.99 Å². The maximum Gasteiger partial charge on any atom is 0.302 e. The molecule has 7 nitrogen and oxygen atoms in total. The first-order valence-electron chi connectivity index (χ1n) is 5.42. The first kappa shape index (κ1) is 15.2. The minimum absolute atomic E-state index is 0.0435. The molecule has 0 saturated carbocycles. The minimum atomic E-state index is -0.486. The summed E-state index contributed by atoms with van der Waals surface area (Å²) in [6.45, 7) is 1.82. The van der Waals surface area contributed by atoms with Gasteiger partial charge in [-0.2, -0.15) is 0 Å². The smallest absolute Gasteiger partial charge is 0.302 e. The number of esters is 1. The molecule has 0 radical (unpaired) electrons. The maximum atomic E-state index is 10.8. The number of amides is 1. The third-order valence-electron chi connectivity index (χ3n) is 1.99. The van der Waals surface area contributed by atoms with E-state index in [0.29, 0.717) is 13.0 Å². The Kier molecular flexibility index (Phi) is 7.49. The van der Waals surface area contributed by atoms with E-state index in [0.717, 1.165) is 12.8 Å². The first-order chi connectivity index (χ1) is 7.91. The van der Waals surface area contributed by atoms with Crippen LogP contribution in [0.1, 0.15) is 32.6 Å². The quantitative estimate of drug-likeness (QED) is 0.223. The van der Waals surface area contributed by atoms with Gasteiger partial charge in [0.25, 0.3) is 0 Å². The highest BCUT2D eigenvalue weighted by Gasteiger charge is 2.14. The zero-order valence-corrected chi connectivity index (χ0v) is 10.0. The Morgan fingerprint density at radius 3 is 2.35 bits per heavy atom. The Bertz CT molecular complexity index is 271. The largest absolute Gasteiger partial charge is 0.462 e. The van der Waals surface area contributed by atoms with E-state index >= 15 is 0 Å². The number of nitrogens with two attached hydrogens (primary N) is 3. The Labute approximate surface area is 100 Å². The van der Waals surface area contributed by atoms with E-state index in [1.807, 2.05) is 0 Å². The number of rotatable bonds is 8. The monoisotopic (exact) mass is 244 g/mol. The minimum Gasteiger partial charge on any atom is -0.462 e. The highest BCUT2D eigenvalue weighted by Crippen LogP contribution is 2.09. The molecule has 0 heterocycles. The van der Waals surface area contributed by atoms with Crippen molar-refractivity contribution in [2.45, 2.75) is 38.7 Å². The number of hydrogen-bond acceptors (Lipinski definition) is 4. The van der Waals surface area contributed by atoms with Gasteiger partial charge in [-0.15, -0.1) is 0 Å². The summed E-state index contributed by atoms with van der Waals surface area (Å²) in [6.07, 6.45) is 1.67. The number of nitrogens with zero attached hydrogens (tertiary/aromatic N) is 1. The van der Waals surface area contributed by atoms with Crippen LogP contribution in [0.25, 0.3) is 0 Å². The lowest BCUT2D eigenvalue weighted by Crippen LogP contribution is -2.24. The molecule has 0 aromatic rings. The van der Waals surface area contributed by atoms with Crippen molar-refractivity contribution in [1.29, 1.82) is 0 Å². The molecule has 1 amide bonds. The molecule has 0 aromatic carbocycles. The molecule has 0 aliphatic carbocycles. The van der Waals surface area contributed by atoms with E-state index in [1.54, 1.807) is 0 Å². The Balaban J connectivity index is 3.87. The average molecular weight is 244 g/mol. The van der Waals surface area contributed by atoms with Gasteiger partial charge in [0.2, 0.25) is 5.91 Å². The van der Waals surface area contributed by atoms with Crippen LogP contribution in [0.4, 0.5) is 0 Å². The number of hydrogen-bond donors (Lipinski definition) is 3. The SMILES string of the molecule is CC(=O)OC(CCCCN=C(N)N)CC(N)=O. The van der Waals surface area contributed by atoms with Crippen LogP contribution in [0.2, 0.25) is 0 Å². The summed E-state index contributed by atoms with van der Waals surface area (Å²) in [4.78, 5) is 25.3. The van der Waals surface area contributed by atoms with Crippen LogP contribution >= 0.6 is 0 Å². The van der Waals surface area contributed by atoms with Gasteiger partial charge in [0.05, 0.1) is 6.42 Å². The van der Waals surface area contributed by atoms with Crippen molar-refractivity contribution in [3.63, 3.8) is 0 Å². The molecule has 98 valence electrons. The van der Waals surface area contributed by atoms with Crippen molar-refractivity contribution in [1.82, 2.24) is 0 Å². The molecular weight excluding hydrogens is 224 g/mol. The predicted octanol–water partition coefficient (Wildman–Crippen LogP) is -0.763. The van der Waals surface area contributed by atoms with Gasteiger partial charge in [-0.25, -0.2) is 0 Å². The van der Waals surface area contributed by atoms with Crippen LogP contribution in [0.5, 0.6) is 0 Å². The van der Waals surface area contributed by atoms with Crippen LogP contribution in [0.15, 0.2) is 4.99 Å². The summed E-state index contributed by atoms with van der Waals surface area (Å²) in [5.74, 6) is -0.848. The van der Waals surface area contributed by atoms with Crippen LogP contribution in [0, 0.1) is 0 Å². The highest BCUT2D eigenvalue weighted by atomic mass is 16.5. The lowest BCUT2D eigenvalue weighted by Gasteiger charge is -2.14. The third kappa shape index (κ3) is 10.5. The lowest BCUT2D eigenvalue weighted by molar-refractivity contribution is -0.147. The fraction of sp³-hybridized carbons (Fsp3) is 0.700. The van der Waals surface area contributed by atoms with E-state index in [9.17, 15) is 9.59 Å². The van der Waals surface area contributed by atoms with Gasteiger partial charge in [-0.05, 0) is 19.3 Å². The second-order valence-corrected chi connectivity index (χ2v) is 3.70. The topological polar surface area (TPSA) is 134 Å². The summed E-state index contributed by atoms with van der Waals surface area (Å²) in [6, 6.07) is 0. The average Bonchev–Trinajstić information content (AvgIpc) is 2.14. The summed E-state index contributed by atoms with van der Waals surface area (Å²) >= 11 is 0. The van der Waals surface area contributed by atoms with E-state index in [-0.39, 0.29) is 12.4 Å². The Morgan fingerprint density at radius 2 is 1.88 bits per heavy atom. The number of ether oxygens (including phenoxy) is 1. The number of aliphatic imine (C=N–C) groups is 1.